The number of carbonyl (C=O) groups is 1. The Labute approximate surface area is 249 Å². The lowest BCUT2D eigenvalue weighted by molar-refractivity contribution is 0.0204. The second-order valence-corrected chi connectivity index (χ2v) is 11.4. The first-order chi connectivity index (χ1) is 20.1. The van der Waals surface area contributed by atoms with Crippen molar-refractivity contribution < 1.29 is 28.5 Å². The number of para-hydroxylation sites is 1. The van der Waals surface area contributed by atoms with Gasteiger partial charge >= 0.3 is 6.09 Å². The molecular weight excluding hydrogens is 534 g/mol. The number of methoxy groups -OCH3 is 4. The third-order valence-electron chi connectivity index (χ3n) is 7.39. The summed E-state index contributed by atoms with van der Waals surface area (Å²) in [6.07, 6.45) is 3.14. The molecule has 1 amide bonds. The van der Waals surface area contributed by atoms with Gasteiger partial charge < -0.3 is 33.5 Å². The van der Waals surface area contributed by atoms with Crippen LogP contribution in [0.15, 0.2) is 48.7 Å². The fourth-order valence-electron chi connectivity index (χ4n) is 5.42. The Kier molecular flexibility index (Phi) is 9.70. The maximum absolute atomic E-state index is 12.7. The van der Waals surface area contributed by atoms with Gasteiger partial charge in [-0.25, -0.2) is 4.79 Å². The molecule has 1 aromatic heterocycles. The third kappa shape index (κ3) is 7.01. The summed E-state index contributed by atoms with van der Waals surface area (Å²) in [5.41, 5.74) is 4.26. The molecule has 1 saturated heterocycles. The van der Waals surface area contributed by atoms with Crippen molar-refractivity contribution in [2.45, 2.75) is 58.7 Å². The van der Waals surface area contributed by atoms with E-state index in [0.717, 1.165) is 40.9 Å². The van der Waals surface area contributed by atoms with Crippen LogP contribution < -0.4 is 23.8 Å². The SMILES string of the molecule is COc1cc(-c2cc(CN(c3cccc(OC)c3OC)C3CCN(C(=O)OC(C)(C)C)CC3)ccn2)cc(C)c1OC. The number of nitrogens with zero attached hydrogens (tertiary/aromatic N) is 3. The van der Waals surface area contributed by atoms with Gasteiger partial charge in [0.1, 0.15) is 5.60 Å². The minimum Gasteiger partial charge on any atom is -0.493 e. The summed E-state index contributed by atoms with van der Waals surface area (Å²) in [4.78, 5) is 21.6. The summed E-state index contributed by atoms with van der Waals surface area (Å²) in [6.45, 7) is 9.49. The predicted molar refractivity (Wildman–Crippen MR) is 164 cm³/mol. The van der Waals surface area contributed by atoms with E-state index in [1.54, 1.807) is 33.3 Å². The van der Waals surface area contributed by atoms with Gasteiger partial charge in [-0.05, 0) is 88.1 Å². The van der Waals surface area contributed by atoms with E-state index in [2.05, 4.69) is 28.1 Å². The number of likely N-dealkylation sites (tertiary alicyclic amines) is 1. The molecule has 0 bridgehead atoms. The molecule has 1 aliphatic rings. The number of piperidine rings is 1. The van der Waals surface area contributed by atoms with Gasteiger partial charge in [0.05, 0.1) is 39.8 Å². The van der Waals surface area contributed by atoms with E-state index in [0.29, 0.717) is 42.6 Å². The molecule has 3 aromatic rings. The number of benzene rings is 2. The number of pyridine rings is 1. The van der Waals surface area contributed by atoms with Crippen LogP contribution in [-0.2, 0) is 11.3 Å². The number of aromatic nitrogens is 1. The van der Waals surface area contributed by atoms with Gasteiger partial charge in [0.15, 0.2) is 23.0 Å². The van der Waals surface area contributed by atoms with Crippen LogP contribution >= 0.6 is 0 Å². The first-order valence-corrected chi connectivity index (χ1v) is 14.2. The van der Waals surface area contributed by atoms with Crippen molar-refractivity contribution in [3.05, 3.63) is 59.8 Å². The van der Waals surface area contributed by atoms with Crippen LogP contribution in [0, 0.1) is 6.92 Å². The highest BCUT2D eigenvalue weighted by Crippen LogP contribution is 2.41. The number of rotatable bonds is 9. The van der Waals surface area contributed by atoms with E-state index < -0.39 is 5.60 Å². The maximum Gasteiger partial charge on any atom is 0.410 e. The summed E-state index contributed by atoms with van der Waals surface area (Å²) in [6, 6.07) is 14.2. The summed E-state index contributed by atoms with van der Waals surface area (Å²) in [7, 11) is 6.58. The van der Waals surface area contributed by atoms with Crippen LogP contribution in [0.25, 0.3) is 11.3 Å². The van der Waals surface area contributed by atoms with Crippen molar-refractivity contribution >= 4 is 11.8 Å². The second kappa shape index (κ2) is 13.2. The van der Waals surface area contributed by atoms with E-state index in [-0.39, 0.29) is 12.1 Å². The normalized spacial score (nSPS) is 13.9. The molecule has 0 atom stereocenters. The van der Waals surface area contributed by atoms with Crippen molar-refractivity contribution in [2.75, 3.05) is 46.4 Å². The largest absolute Gasteiger partial charge is 0.493 e. The molecule has 0 unspecified atom stereocenters. The third-order valence-corrected chi connectivity index (χ3v) is 7.39. The molecule has 2 aromatic carbocycles. The summed E-state index contributed by atoms with van der Waals surface area (Å²) < 4.78 is 28.2. The minimum absolute atomic E-state index is 0.157. The zero-order valence-corrected chi connectivity index (χ0v) is 26.0. The zero-order valence-electron chi connectivity index (χ0n) is 26.0. The molecular formula is C33H43N3O6. The van der Waals surface area contributed by atoms with Crippen LogP contribution in [0.3, 0.4) is 0 Å². The minimum atomic E-state index is -0.528. The Morgan fingerprint density at radius 2 is 1.62 bits per heavy atom. The highest BCUT2D eigenvalue weighted by Gasteiger charge is 2.31. The summed E-state index contributed by atoms with van der Waals surface area (Å²) >= 11 is 0. The number of amides is 1. The van der Waals surface area contributed by atoms with Gasteiger partial charge in [-0.15, -0.1) is 0 Å². The topological polar surface area (TPSA) is 82.6 Å². The molecule has 1 fully saturated rings. The van der Waals surface area contributed by atoms with Crippen LogP contribution in [0.5, 0.6) is 23.0 Å². The quantitative estimate of drug-likeness (QED) is 0.285. The molecule has 1 aliphatic heterocycles. The van der Waals surface area contributed by atoms with Gasteiger partial charge in [-0.1, -0.05) is 6.07 Å². The highest BCUT2D eigenvalue weighted by molar-refractivity contribution is 5.69. The number of hydrogen-bond donors (Lipinski definition) is 0. The van der Waals surface area contributed by atoms with Crippen LogP contribution in [-0.4, -0.2) is 69.1 Å². The molecule has 9 heteroatoms. The Bertz CT molecular complexity index is 1380. The molecule has 0 saturated carbocycles. The van der Waals surface area contributed by atoms with Crippen molar-refractivity contribution in [2.24, 2.45) is 0 Å². The van der Waals surface area contributed by atoms with Gasteiger partial charge in [0.25, 0.3) is 0 Å². The Morgan fingerprint density at radius 1 is 0.929 bits per heavy atom. The highest BCUT2D eigenvalue weighted by atomic mass is 16.6. The fourth-order valence-corrected chi connectivity index (χ4v) is 5.42. The maximum atomic E-state index is 12.7. The van der Waals surface area contributed by atoms with Gasteiger partial charge in [-0.2, -0.15) is 0 Å². The van der Waals surface area contributed by atoms with Gasteiger partial charge in [-0.3, -0.25) is 4.98 Å². The molecule has 226 valence electrons. The number of aryl methyl sites for hydroxylation is 1. The van der Waals surface area contributed by atoms with Crippen molar-refractivity contribution in [1.29, 1.82) is 0 Å². The molecule has 0 radical (unpaired) electrons. The molecule has 42 heavy (non-hydrogen) atoms. The second-order valence-electron chi connectivity index (χ2n) is 11.4. The summed E-state index contributed by atoms with van der Waals surface area (Å²) in [5.74, 6) is 2.73. The van der Waals surface area contributed by atoms with Crippen LogP contribution in [0.1, 0.15) is 44.7 Å². The predicted octanol–water partition coefficient (Wildman–Crippen LogP) is 6.50. The van der Waals surface area contributed by atoms with Gasteiger partial charge in [0, 0.05) is 37.4 Å². The van der Waals surface area contributed by atoms with E-state index >= 15 is 0 Å². The number of anilines is 1. The summed E-state index contributed by atoms with van der Waals surface area (Å²) in [5, 5.41) is 0. The molecule has 4 rings (SSSR count). The molecule has 9 nitrogen and oxygen atoms in total. The van der Waals surface area contributed by atoms with E-state index in [4.69, 9.17) is 23.7 Å². The van der Waals surface area contributed by atoms with E-state index in [1.165, 1.54) is 0 Å². The smallest absolute Gasteiger partial charge is 0.410 e. The average molecular weight is 578 g/mol. The van der Waals surface area contributed by atoms with Gasteiger partial charge in [0.2, 0.25) is 0 Å². The Balaban J connectivity index is 1.66. The van der Waals surface area contributed by atoms with Crippen molar-refractivity contribution in [3.8, 4) is 34.3 Å². The molecule has 2 heterocycles. The van der Waals surface area contributed by atoms with Crippen molar-refractivity contribution in [1.82, 2.24) is 9.88 Å². The zero-order chi connectivity index (χ0) is 30.4. The number of ether oxygens (including phenoxy) is 5. The van der Waals surface area contributed by atoms with E-state index in [1.807, 2.05) is 58.2 Å². The van der Waals surface area contributed by atoms with E-state index in [9.17, 15) is 4.79 Å². The van der Waals surface area contributed by atoms with Crippen LogP contribution in [0.4, 0.5) is 10.5 Å². The van der Waals surface area contributed by atoms with Crippen LogP contribution in [0.2, 0.25) is 0 Å². The first-order valence-electron chi connectivity index (χ1n) is 14.2. The Hall–Kier alpha value is -4.14. The Morgan fingerprint density at radius 3 is 2.24 bits per heavy atom. The molecule has 0 aliphatic carbocycles. The first kappa shape index (κ1) is 30.8. The number of carbonyl (C=O) groups excluding carboxylic acids is 1. The molecule has 0 N–H and O–H groups in total. The molecule has 0 spiro atoms. The number of hydrogen-bond acceptors (Lipinski definition) is 8. The average Bonchev–Trinajstić information content (AvgIpc) is 2.98. The fraction of sp³-hybridized carbons (Fsp3) is 0.455. The lowest BCUT2D eigenvalue weighted by Gasteiger charge is -2.40. The lowest BCUT2D eigenvalue weighted by Crippen LogP contribution is -2.48. The van der Waals surface area contributed by atoms with Crippen molar-refractivity contribution in [3.63, 3.8) is 0 Å². The monoisotopic (exact) mass is 577 g/mol. The lowest BCUT2D eigenvalue weighted by atomic mass is 10.0. The standard InChI is InChI=1S/C33H43N3O6/c1-22-18-24(20-29(39-6)30(22)40-7)26-19-23(12-15-34-26)21-36(27-10-9-11-28(38-5)31(27)41-8)25-13-16-35(17-14-25)32(37)42-33(2,3)4/h9-12,15,18-20,25H,13-14,16-17,21H2,1-8H3.